The lowest BCUT2D eigenvalue weighted by atomic mass is 10.2. The van der Waals surface area contributed by atoms with Crippen molar-refractivity contribution in [2.45, 2.75) is 50.2 Å². The van der Waals surface area contributed by atoms with E-state index in [2.05, 4.69) is 15.6 Å². The molecule has 2 saturated carbocycles. The largest absolute Gasteiger partial charge is 0.338 e. The van der Waals surface area contributed by atoms with E-state index in [0.29, 0.717) is 24.9 Å². The number of carbonyl (C=O) groups is 2. The van der Waals surface area contributed by atoms with Crippen LogP contribution in [0, 0.1) is 5.92 Å². The number of thiazole rings is 1. The fourth-order valence-corrected chi connectivity index (χ4v) is 3.92. The van der Waals surface area contributed by atoms with Gasteiger partial charge in [0, 0.05) is 30.6 Å². The Bertz CT molecular complexity index is 568. The highest BCUT2D eigenvalue weighted by atomic mass is 32.1. The summed E-state index contributed by atoms with van der Waals surface area (Å²) in [5, 5.41) is 8.92. The van der Waals surface area contributed by atoms with E-state index in [1.165, 1.54) is 0 Å². The second kappa shape index (κ2) is 5.53. The molecule has 118 valence electrons. The molecule has 2 atom stereocenters. The third-order valence-corrected chi connectivity index (χ3v) is 5.44. The minimum absolute atomic E-state index is 0.0108. The van der Waals surface area contributed by atoms with E-state index in [1.807, 2.05) is 10.3 Å². The molecular formula is C15H20N4O2S. The molecular weight excluding hydrogens is 300 g/mol. The average Bonchev–Trinajstić information content (AvgIpc) is 3.40. The topological polar surface area (TPSA) is 74.3 Å². The van der Waals surface area contributed by atoms with Gasteiger partial charge >= 0.3 is 6.03 Å². The summed E-state index contributed by atoms with van der Waals surface area (Å²) in [5.74, 6) is 0.677. The maximum Gasteiger partial charge on any atom is 0.315 e. The van der Waals surface area contributed by atoms with Crippen LogP contribution in [0.15, 0.2) is 11.6 Å². The maximum absolute atomic E-state index is 12.3. The fraction of sp³-hybridized carbons (Fsp3) is 0.667. The molecule has 0 radical (unpaired) electrons. The maximum atomic E-state index is 12.3. The van der Waals surface area contributed by atoms with Crippen molar-refractivity contribution in [3.8, 4) is 0 Å². The Kier molecular flexibility index (Phi) is 3.52. The molecule has 0 unspecified atom stereocenters. The smallest absolute Gasteiger partial charge is 0.315 e. The standard InChI is InChI=1S/C15H20N4O2S/c20-12-7-10(8-19(12)11-3-4-11)17-15(21)18-13(9-1-2-9)14-16-5-6-22-14/h5-6,9-11,13H,1-4,7-8H2,(H2,17,18,21)/t10-,13+/m0/s1. The molecule has 3 fully saturated rings. The third-order valence-electron chi connectivity index (χ3n) is 4.58. The van der Waals surface area contributed by atoms with Crippen LogP contribution in [-0.4, -0.2) is 40.5 Å². The number of likely N-dealkylation sites (tertiary alicyclic amines) is 1. The van der Waals surface area contributed by atoms with E-state index >= 15 is 0 Å². The first-order chi connectivity index (χ1) is 10.7. The van der Waals surface area contributed by atoms with Crippen LogP contribution in [0.5, 0.6) is 0 Å². The van der Waals surface area contributed by atoms with Gasteiger partial charge in [0.2, 0.25) is 5.91 Å². The zero-order valence-electron chi connectivity index (χ0n) is 12.3. The summed E-state index contributed by atoms with van der Waals surface area (Å²) < 4.78 is 0. The van der Waals surface area contributed by atoms with Gasteiger partial charge in [0.05, 0.1) is 12.1 Å². The van der Waals surface area contributed by atoms with Gasteiger partial charge in [0.15, 0.2) is 0 Å². The lowest BCUT2D eigenvalue weighted by Gasteiger charge is -2.19. The Hall–Kier alpha value is -1.63. The SMILES string of the molecule is O=C(N[C@H]1CC(=O)N(C2CC2)C1)N[C@@H](c1nccs1)C1CC1. The molecule has 2 N–H and O–H groups in total. The predicted octanol–water partition coefficient (Wildman–Crippen LogP) is 1.66. The number of aromatic nitrogens is 1. The van der Waals surface area contributed by atoms with E-state index in [1.54, 1.807) is 17.5 Å². The normalized spacial score (nSPS) is 26.1. The van der Waals surface area contributed by atoms with Crippen molar-refractivity contribution in [3.63, 3.8) is 0 Å². The Morgan fingerprint density at radius 2 is 2.18 bits per heavy atom. The van der Waals surface area contributed by atoms with E-state index < -0.39 is 0 Å². The van der Waals surface area contributed by atoms with Gasteiger partial charge in [-0.25, -0.2) is 9.78 Å². The van der Waals surface area contributed by atoms with Crippen molar-refractivity contribution in [2.75, 3.05) is 6.54 Å². The quantitative estimate of drug-likeness (QED) is 0.866. The van der Waals surface area contributed by atoms with Gasteiger partial charge < -0.3 is 15.5 Å². The number of nitrogens with one attached hydrogen (secondary N) is 2. The van der Waals surface area contributed by atoms with Crippen LogP contribution in [0.3, 0.4) is 0 Å². The van der Waals surface area contributed by atoms with Crippen molar-refractivity contribution < 1.29 is 9.59 Å². The molecule has 7 heteroatoms. The molecule has 1 aromatic rings. The molecule has 1 aliphatic heterocycles. The van der Waals surface area contributed by atoms with Gasteiger partial charge in [0.1, 0.15) is 5.01 Å². The second-order valence-corrected chi connectivity index (χ2v) is 7.41. The summed E-state index contributed by atoms with van der Waals surface area (Å²) in [4.78, 5) is 30.4. The first-order valence-electron chi connectivity index (χ1n) is 7.96. The highest BCUT2D eigenvalue weighted by Crippen LogP contribution is 2.41. The fourth-order valence-electron chi connectivity index (χ4n) is 3.13. The molecule has 2 aliphatic carbocycles. The molecule has 6 nitrogen and oxygen atoms in total. The molecule has 1 aromatic heterocycles. The van der Waals surface area contributed by atoms with Crippen molar-refractivity contribution >= 4 is 23.3 Å². The van der Waals surface area contributed by atoms with Crippen molar-refractivity contribution in [2.24, 2.45) is 5.92 Å². The van der Waals surface area contributed by atoms with Gasteiger partial charge in [-0.15, -0.1) is 11.3 Å². The highest BCUT2D eigenvalue weighted by Gasteiger charge is 2.40. The van der Waals surface area contributed by atoms with Crippen LogP contribution < -0.4 is 10.6 Å². The number of rotatable bonds is 5. The first kappa shape index (κ1) is 14.0. The van der Waals surface area contributed by atoms with Gasteiger partial charge in [-0.2, -0.15) is 0 Å². The van der Waals surface area contributed by atoms with E-state index in [-0.39, 0.29) is 24.0 Å². The summed E-state index contributed by atoms with van der Waals surface area (Å²) in [6.07, 6.45) is 6.70. The van der Waals surface area contributed by atoms with Gasteiger partial charge in [-0.05, 0) is 31.6 Å². The Labute approximate surface area is 133 Å². The van der Waals surface area contributed by atoms with Crippen LogP contribution in [0.2, 0.25) is 0 Å². The Morgan fingerprint density at radius 3 is 2.82 bits per heavy atom. The predicted molar refractivity (Wildman–Crippen MR) is 82.4 cm³/mol. The zero-order valence-corrected chi connectivity index (χ0v) is 13.1. The number of hydrogen-bond acceptors (Lipinski definition) is 4. The number of amides is 3. The Morgan fingerprint density at radius 1 is 1.36 bits per heavy atom. The van der Waals surface area contributed by atoms with Crippen molar-refractivity contribution in [3.05, 3.63) is 16.6 Å². The van der Waals surface area contributed by atoms with Crippen LogP contribution in [0.1, 0.15) is 43.2 Å². The van der Waals surface area contributed by atoms with Crippen molar-refractivity contribution in [1.82, 2.24) is 20.5 Å². The zero-order chi connectivity index (χ0) is 15.1. The summed E-state index contributed by atoms with van der Waals surface area (Å²) in [6, 6.07) is 0.195. The van der Waals surface area contributed by atoms with Crippen LogP contribution in [-0.2, 0) is 4.79 Å². The number of nitrogens with zero attached hydrogens (tertiary/aromatic N) is 2. The summed E-state index contributed by atoms with van der Waals surface area (Å²) in [7, 11) is 0. The lowest BCUT2D eigenvalue weighted by molar-refractivity contribution is -0.128. The van der Waals surface area contributed by atoms with Crippen LogP contribution >= 0.6 is 11.3 Å². The minimum atomic E-state index is -0.178. The second-order valence-electron chi connectivity index (χ2n) is 6.48. The van der Waals surface area contributed by atoms with Crippen LogP contribution in [0.4, 0.5) is 4.79 Å². The summed E-state index contributed by atoms with van der Waals surface area (Å²) in [6.45, 7) is 0.655. The number of urea groups is 1. The Balaban J connectivity index is 1.33. The lowest BCUT2D eigenvalue weighted by Crippen LogP contribution is -2.45. The molecule has 22 heavy (non-hydrogen) atoms. The molecule has 0 bridgehead atoms. The monoisotopic (exact) mass is 320 g/mol. The first-order valence-corrected chi connectivity index (χ1v) is 8.84. The molecule has 3 aliphatic rings. The van der Waals surface area contributed by atoms with Crippen molar-refractivity contribution in [1.29, 1.82) is 0 Å². The molecule has 2 heterocycles. The molecule has 0 spiro atoms. The third kappa shape index (κ3) is 2.95. The van der Waals surface area contributed by atoms with Gasteiger partial charge in [-0.3, -0.25) is 4.79 Å². The van der Waals surface area contributed by atoms with E-state index in [9.17, 15) is 9.59 Å². The molecule has 3 amide bonds. The highest BCUT2D eigenvalue weighted by molar-refractivity contribution is 7.09. The molecule has 1 saturated heterocycles. The van der Waals surface area contributed by atoms with E-state index in [4.69, 9.17) is 0 Å². The average molecular weight is 320 g/mol. The minimum Gasteiger partial charge on any atom is -0.338 e. The van der Waals surface area contributed by atoms with Gasteiger partial charge in [-0.1, -0.05) is 0 Å². The van der Waals surface area contributed by atoms with Crippen LogP contribution in [0.25, 0.3) is 0 Å². The molecule has 0 aromatic carbocycles. The number of carbonyl (C=O) groups excluding carboxylic acids is 2. The van der Waals surface area contributed by atoms with Gasteiger partial charge in [0.25, 0.3) is 0 Å². The summed E-state index contributed by atoms with van der Waals surface area (Å²) >= 11 is 1.58. The number of hydrogen-bond donors (Lipinski definition) is 2. The van der Waals surface area contributed by atoms with E-state index in [0.717, 1.165) is 30.7 Å². The molecule has 4 rings (SSSR count). The summed E-state index contributed by atoms with van der Waals surface area (Å²) in [5.41, 5.74) is 0.